The number of thiophene rings is 1. The van der Waals surface area contributed by atoms with E-state index < -0.39 is 0 Å². The third-order valence-electron chi connectivity index (χ3n) is 3.89. The maximum absolute atomic E-state index is 12.9. The van der Waals surface area contributed by atoms with Crippen LogP contribution in [0.4, 0.5) is 4.39 Å². The summed E-state index contributed by atoms with van der Waals surface area (Å²) in [6.07, 6.45) is 2.31. The Bertz CT molecular complexity index is 868. The molecule has 2 aromatic heterocycles. The number of nitrogens with one attached hydrogen (secondary N) is 1. The van der Waals surface area contributed by atoms with Crippen LogP contribution in [0.5, 0.6) is 0 Å². The molecule has 1 aromatic carbocycles. The Morgan fingerprint density at radius 1 is 1.29 bits per heavy atom. The Balaban J connectivity index is 1.42. The Morgan fingerprint density at radius 2 is 2.08 bits per heavy atom. The van der Waals surface area contributed by atoms with Crippen molar-refractivity contribution in [2.45, 2.75) is 25.3 Å². The molecule has 0 aliphatic heterocycles. The first-order valence-electron chi connectivity index (χ1n) is 7.65. The number of carbonyl (C=O) groups excluding carboxylic acids is 1. The summed E-state index contributed by atoms with van der Waals surface area (Å²) in [5.41, 5.74) is 1.77. The zero-order valence-electron chi connectivity index (χ0n) is 12.7. The van der Waals surface area contributed by atoms with Gasteiger partial charge in [0.25, 0.3) is 11.8 Å². The lowest BCUT2D eigenvalue weighted by Gasteiger charge is -2.02. The minimum Gasteiger partial charge on any atom is -0.344 e. The molecule has 4 rings (SSSR count). The Hall–Kier alpha value is -2.54. The molecular formula is C17H14FN3O2S. The molecule has 0 saturated heterocycles. The number of nitrogens with zero attached hydrogens (tertiary/aromatic N) is 2. The lowest BCUT2D eigenvalue weighted by Crippen LogP contribution is -2.23. The van der Waals surface area contributed by atoms with Crippen LogP contribution in [0.1, 0.15) is 39.8 Å². The van der Waals surface area contributed by atoms with Crippen LogP contribution in [0.3, 0.4) is 0 Å². The van der Waals surface area contributed by atoms with Gasteiger partial charge in [-0.1, -0.05) is 5.16 Å². The van der Waals surface area contributed by atoms with Crippen LogP contribution in [0.25, 0.3) is 11.5 Å². The maximum atomic E-state index is 12.9. The molecule has 7 heteroatoms. The van der Waals surface area contributed by atoms with Gasteiger partial charge in [0, 0.05) is 5.56 Å². The van der Waals surface area contributed by atoms with Gasteiger partial charge in [-0.3, -0.25) is 4.79 Å². The molecule has 1 fully saturated rings. The van der Waals surface area contributed by atoms with Crippen molar-refractivity contribution in [1.82, 2.24) is 15.5 Å². The first-order chi connectivity index (χ1) is 11.7. The van der Waals surface area contributed by atoms with Gasteiger partial charge in [0.2, 0.25) is 0 Å². The smallest absolute Gasteiger partial charge is 0.262 e. The summed E-state index contributed by atoms with van der Waals surface area (Å²) in [5, 5.41) is 8.62. The van der Waals surface area contributed by atoms with Crippen LogP contribution in [-0.2, 0) is 6.54 Å². The lowest BCUT2D eigenvalue weighted by atomic mass is 10.1. The van der Waals surface area contributed by atoms with Crippen molar-refractivity contribution in [2.75, 3.05) is 0 Å². The zero-order chi connectivity index (χ0) is 16.5. The number of aromatic nitrogens is 2. The van der Waals surface area contributed by atoms with Gasteiger partial charge in [0.05, 0.1) is 11.4 Å². The van der Waals surface area contributed by atoms with E-state index in [1.807, 2.05) is 11.4 Å². The molecule has 0 radical (unpaired) electrons. The number of benzene rings is 1. The fourth-order valence-electron chi connectivity index (χ4n) is 2.49. The molecule has 1 aliphatic rings. The Morgan fingerprint density at radius 3 is 2.83 bits per heavy atom. The SMILES string of the molecule is O=C(NCc1noc(-c2ccc(F)cc2)n1)c1sccc1C1CC1. The van der Waals surface area contributed by atoms with Crippen LogP contribution in [0, 0.1) is 5.82 Å². The van der Waals surface area contributed by atoms with Crippen LogP contribution in [-0.4, -0.2) is 16.0 Å². The molecule has 1 amide bonds. The highest BCUT2D eigenvalue weighted by Gasteiger charge is 2.28. The van der Waals surface area contributed by atoms with Crippen molar-refractivity contribution in [1.29, 1.82) is 0 Å². The van der Waals surface area contributed by atoms with E-state index in [1.165, 1.54) is 23.5 Å². The lowest BCUT2D eigenvalue weighted by molar-refractivity contribution is 0.0953. The minimum atomic E-state index is -0.326. The molecule has 0 bridgehead atoms. The van der Waals surface area contributed by atoms with Crippen LogP contribution >= 0.6 is 11.3 Å². The van der Waals surface area contributed by atoms with Crippen molar-refractivity contribution < 1.29 is 13.7 Å². The van der Waals surface area contributed by atoms with Crippen LogP contribution < -0.4 is 5.32 Å². The molecule has 2 heterocycles. The molecule has 0 atom stereocenters. The van der Waals surface area contributed by atoms with Gasteiger partial charge in [0.1, 0.15) is 5.82 Å². The summed E-state index contributed by atoms with van der Waals surface area (Å²) in [4.78, 5) is 17.3. The number of hydrogen-bond donors (Lipinski definition) is 1. The van der Waals surface area contributed by atoms with Gasteiger partial charge in [-0.05, 0) is 60.0 Å². The molecule has 122 valence electrons. The second-order valence-corrected chi connectivity index (χ2v) is 6.60. The number of rotatable bonds is 5. The molecule has 0 unspecified atom stereocenters. The van der Waals surface area contributed by atoms with Gasteiger partial charge in [0.15, 0.2) is 5.82 Å². The second kappa shape index (κ2) is 6.16. The quantitative estimate of drug-likeness (QED) is 0.766. The van der Waals surface area contributed by atoms with Crippen LogP contribution in [0.15, 0.2) is 40.2 Å². The number of carbonyl (C=O) groups is 1. The van der Waals surface area contributed by atoms with E-state index in [9.17, 15) is 9.18 Å². The largest absolute Gasteiger partial charge is 0.344 e. The monoisotopic (exact) mass is 343 g/mol. The highest BCUT2D eigenvalue weighted by molar-refractivity contribution is 7.12. The zero-order valence-corrected chi connectivity index (χ0v) is 13.5. The normalized spacial score (nSPS) is 13.9. The molecule has 1 saturated carbocycles. The second-order valence-electron chi connectivity index (χ2n) is 5.68. The predicted molar refractivity (Wildman–Crippen MR) is 87.2 cm³/mol. The first-order valence-corrected chi connectivity index (χ1v) is 8.53. The maximum Gasteiger partial charge on any atom is 0.262 e. The molecule has 5 nitrogen and oxygen atoms in total. The van der Waals surface area contributed by atoms with Crippen molar-refractivity contribution in [3.63, 3.8) is 0 Å². The van der Waals surface area contributed by atoms with Crippen molar-refractivity contribution >= 4 is 17.2 Å². The van der Waals surface area contributed by atoms with Crippen molar-refractivity contribution in [3.8, 4) is 11.5 Å². The van der Waals surface area contributed by atoms with E-state index in [-0.39, 0.29) is 18.3 Å². The summed E-state index contributed by atoms with van der Waals surface area (Å²) in [6, 6.07) is 7.82. The summed E-state index contributed by atoms with van der Waals surface area (Å²) in [5.74, 6) is 0.779. The highest BCUT2D eigenvalue weighted by Crippen LogP contribution is 2.43. The number of amides is 1. The van der Waals surface area contributed by atoms with Crippen molar-refractivity contribution in [2.24, 2.45) is 0 Å². The van der Waals surface area contributed by atoms with Gasteiger partial charge in [-0.25, -0.2) is 4.39 Å². The third-order valence-corrected chi connectivity index (χ3v) is 4.81. The van der Waals surface area contributed by atoms with E-state index in [2.05, 4.69) is 15.5 Å². The molecule has 3 aromatic rings. The molecule has 1 aliphatic carbocycles. The van der Waals surface area contributed by atoms with E-state index in [0.29, 0.717) is 23.2 Å². The fourth-order valence-corrected chi connectivity index (χ4v) is 3.40. The number of halogens is 1. The summed E-state index contributed by atoms with van der Waals surface area (Å²) < 4.78 is 18.1. The molecule has 1 N–H and O–H groups in total. The Labute approximate surface area is 141 Å². The minimum absolute atomic E-state index is 0.111. The van der Waals surface area contributed by atoms with E-state index >= 15 is 0 Å². The highest BCUT2D eigenvalue weighted by atomic mass is 32.1. The van der Waals surface area contributed by atoms with E-state index in [4.69, 9.17) is 4.52 Å². The first kappa shape index (κ1) is 15.0. The van der Waals surface area contributed by atoms with Gasteiger partial charge < -0.3 is 9.84 Å². The van der Waals surface area contributed by atoms with E-state index in [1.54, 1.807) is 12.1 Å². The van der Waals surface area contributed by atoms with Gasteiger partial charge in [-0.2, -0.15) is 4.98 Å². The summed E-state index contributed by atoms with van der Waals surface area (Å²) in [6.45, 7) is 0.186. The Kier molecular flexibility index (Phi) is 3.86. The summed E-state index contributed by atoms with van der Waals surface area (Å²) >= 11 is 1.45. The standard InChI is InChI=1S/C17H14FN3O2S/c18-12-5-3-11(4-6-12)17-20-14(21-23-17)9-19-16(22)15-13(7-8-24-15)10-1-2-10/h3-8,10H,1-2,9H2,(H,19,22). The molecular weight excluding hydrogens is 329 g/mol. The van der Waals surface area contributed by atoms with E-state index in [0.717, 1.165) is 23.3 Å². The van der Waals surface area contributed by atoms with Gasteiger partial charge >= 0.3 is 0 Å². The average Bonchev–Trinajstić information content (AvgIpc) is 3.12. The predicted octanol–water partition coefficient (Wildman–Crippen LogP) is 3.74. The molecule has 24 heavy (non-hydrogen) atoms. The number of hydrogen-bond acceptors (Lipinski definition) is 5. The third kappa shape index (κ3) is 3.07. The van der Waals surface area contributed by atoms with Crippen LogP contribution in [0.2, 0.25) is 0 Å². The topological polar surface area (TPSA) is 68.0 Å². The molecule has 0 spiro atoms. The average molecular weight is 343 g/mol. The fraction of sp³-hybridized carbons (Fsp3) is 0.235. The van der Waals surface area contributed by atoms with Crippen molar-refractivity contribution in [3.05, 3.63) is 57.8 Å². The van der Waals surface area contributed by atoms with Gasteiger partial charge in [-0.15, -0.1) is 11.3 Å². The summed E-state index contributed by atoms with van der Waals surface area (Å²) in [7, 11) is 0.